The molecule has 0 aromatic heterocycles. The highest BCUT2D eigenvalue weighted by Gasteiger charge is 2.29. The van der Waals surface area contributed by atoms with Crippen LogP contribution in [0.3, 0.4) is 0 Å². The van der Waals surface area contributed by atoms with Gasteiger partial charge in [0, 0.05) is 6.42 Å². The zero-order chi connectivity index (χ0) is 22.1. The van der Waals surface area contributed by atoms with E-state index in [1.807, 2.05) is 61.5 Å². The molecule has 3 N–H and O–H groups in total. The first-order chi connectivity index (χ1) is 14.3. The fourth-order valence-electron chi connectivity index (χ4n) is 2.85. The van der Waals surface area contributed by atoms with Crippen molar-refractivity contribution in [1.29, 1.82) is 0 Å². The number of amides is 2. The van der Waals surface area contributed by atoms with Crippen molar-refractivity contribution in [2.24, 2.45) is 5.92 Å². The Kier molecular flexibility index (Phi) is 8.41. The second kappa shape index (κ2) is 11.0. The summed E-state index contributed by atoms with van der Waals surface area (Å²) in [5.41, 5.74) is 2.68. The van der Waals surface area contributed by atoms with Crippen LogP contribution in [0.15, 0.2) is 54.6 Å². The molecule has 0 saturated heterocycles. The van der Waals surface area contributed by atoms with Crippen molar-refractivity contribution >= 4 is 18.0 Å². The third-order valence-electron chi connectivity index (χ3n) is 4.61. The first-order valence-electron chi connectivity index (χ1n) is 9.82. The first kappa shape index (κ1) is 22.9. The van der Waals surface area contributed by atoms with Crippen molar-refractivity contribution in [3.05, 3.63) is 71.3 Å². The van der Waals surface area contributed by atoms with Crippen LogP contribution in [0.2, 0.25) is 0 Å². The standard InChI is InChI=1S/C23H28N2O5/c1-15(2)20(25-23(29)30-14-18-7-5-4-6-8-18)21(26)24-19(22(27)28)13-17-11-9-16(3)10-12-17/h4-12,15,19-20H,13-14H2,1-3H3,(H,24,26)(H,25,29)(H,27,28)/t19-,20+/m1/s1. The third-order valence-corrected chi connectivity index (χ3v) is 4.61. The minimum absolute atomic E-state index is 0.0737. The molecule has 0 heterocycles. The van der Waals surface area contributed by atoms with E-state index in [4.69, 9.17) is 4.74 Å². The van der Waals surface area contributed by atoms with Crippen molar-refractivity contribution in [2.75, 3.05) is 0 Å². The van der Waals surface area contributed by atoms with Crippen molar-refractivity contribution in [3.8, 4) is 0 Å². The van der Waals surface area contributed by atoms with Crippen LogP contribution in [0.5, 0.6) is 0 Å². The maximum Gasteiger partial charge on any atom is 0.408 e. The van der Waals surface area contributed by atoms with Crippen LogP contribution in [0, 0.1) is 12.8 Å². The Labute approximate surface area is 176 Å². The van der Waals surface area contributed by atoms with Crippen LogP contribution < -0.4 is 10.6 Å². The molecule has 0 aliphatic carbocycles. The van der Waals surface area contributed by atoms with E-state index in [9.17, 15) is 19.5 Å². The minimum Gasteiger partial charge on any atom is -0.480 e. The highest BCUT2D eigenvalue weighted by molar-refractivity contribution is 5.89. The van der Waals surface area contributed by atoms with E-state index in [2.05, 4.69) is 10.6 Å². The van der Waals surface area contributed by atoms with E-state index in [0.29, 0.717) is 0 Å². The van der Waals surface area contributed by atoms with Gasteiger partial charge in [-0.15, -0.1) is 0 Å². The summed E-state index contributed by atoms with van der Waals surface area (Å²) >= 11 is 0. The number of carboxylic acids is 1. The average molecular weight is 412 g/mol. The molecule has 0 aliphatic heterocycles. The van der Waals surface area contributed by atoms with E-state index in [1.165, 1.54) is 0 Å². The molecule has 0 bridgehead atoms. The summed E-state index contributed by atoms with van der Waals surface area (Å²) in [4.78, 5) is 36.5. The Balaban J connectivity index is 1.97. The van der Waals surface area contributed by atoms with Gasteiger partial charge in [-0.05, 0) is 24.0 Å². The number of aryl methyl sites for hydroxylation is 1. The van der Waals surface area contributed by atoms with Gasteiger partial charge in [-0.3, -0.25) is 4.79 Å². The summed E-state index contributed by atoms with van der Waals surface area (Å²) in [6, 6.07) is 14.6. The number of hydrogen-bond acceptors (Lipinski definition) is 4. The molecule has 2 aromatic rings. The Morgan fingerprint density at radius 2 is 1.57 bits per heavy atom. The number of alkyl carbamates (subject to hydrolysis) is 1. The number of carboxylic acid groups (broad SMARTS) is 1. The van der Waals surface area contributed by atoms with Crippen LogP contribution in [-0.4, -0.2) is 35.2 Å². The van der Waals surface area contributed by atoms with Gasteiger partial charge in [-0.1, -0.05) is 74.0 Å². The highest BCUT2D eigenvalue weighted by atomic mass is 16.5. The van der Waals surface area contributed by atoms with Gasteiger partial charge in [0.15, 0.2) is 0 Å². The zero-order valence-corrected chi connectivity index (χ0v) is 17.4. The maximum absolute atomic E-state index is 12.7. The highest BCUT2D eigenvalue weighted by Crippen LogP contribution is 2.09. The Morgan fingerprint density at radius 3 is 2.13 bits per heavy atom. The Hall–Kier alpha value is -3.35. The smallest absolute Gasteiger partial charge is 0.408 e. The molecule has 0 radical (unpaired) electrons. The minimum atomic E-state index is -1.14. The number of carbonyl (C=O) groups excluding carboxylic acids is 2. The average Bonchev–Trinajstić information content (AvgIpc) is 2.71. The lowest BCUT2D eigenvalue weighted by Gasteiger charge is -2.24. The second-order valence-corrected chi connectivity index (χ2v) is 7.52. The van der Waals surface area contributed by atoms with Gasteiger partial charge in [-0.2, -0.15) is 0 Å². The summed E-state index contributed by atoms with van der Waals surface area (Å²) in [6.07, 6.45) is -0.594. The molecule has 7 heteroatoms. The lowest BCUT2D eigenvalue weighted by molar-refractivity contribution is -0.142. The molecule has 2 atom stereocenters. The van der Waals surface area contributed by atoms with Crippen LogP contribution >= 0.6 is 0 Å². The van der Waals surface area contributed by atoms with Gasteiger partial charge < -0.3 is 20.5 Å². The summed E-state index contributed by atoms with van der Waals surface area (Å²) in [5, 5.41) is 14.6. The molecule has 2 amide bonds. The van der Waals surface area contributed by atoms with Gasteiger partial charge in [0.2, 0.25) is 5.91 Å². The normalized spacial score (nSPS) is 12.7. The number of nitrogens with one attached hydrogen (secondary N) is 2. The molecule has 0 fully saturated rings. The predicted molar refractivity (Wildman–Crippen MR) is 113 cm³/mol. The van der Waals surface area contributed by atoms with Gasteiger partial charge in [0.25, 0.3) is 0 Å². The van der Waals surface area contributed by atoms with Crippen molar-refractivity contribution in [3.63, 3.8) is 0 Å². The first-order valence-corrected chi connectivity index (χ1v) is 9.82. The molecule has 160 valence electrons. The van der Waals surface area contributed by atoms with Crippen molar-refractivity contribution in [2.45, 2.75) is 45.9 Å². The fourth-order valence-corrected chi connectivity index (χ4v) is 2.85. The summed E-state index contributed by atoms with van der Waals surface area (Å²) in [7, 11) is 0. The van der Waals surface area contributed by atoms with Crippen LogP contribution in [0.4, 0.5) is 4.79 Å². The van der Waals surface area contributed by atoms with Crippen LogP contribution in [0.1, 0.15) is 30.5 Å². The van der Waals surface area contributed by atoms with E-state index in [0.717, 1.165) is 16.7 Å². The fraction of sp³-hybridized carbons (Fsp3) is 0.348. The van der Waals surface area contributed by atoms with E-state index in [1.54, 1.807) is 13.8 Å². The number of ether oxygens (including phenoxy) is 1. The number of benzene rings is 2. The molecule has 0 aliphatic rings. The molecular formula is C23H28N2O5. The monoisotopic (exact) mass is 412 g/mol. The van der Waals surface area contributed by atoms with Crippen molar-refractivity contribution < 1.29 is 24.2 Å². The largest absolute Gasteiger partial charge is 0.480 e. The molecule has 2 rings (SSSR count). The Morgan fingerprint density at radius 1 is 0.933 bits per heavy atom. The van der Waals surface area contributed by atoms with Gasteiger partial charge >= 0.3 is 12.1 Å². The Bertz CT molecular complexity index is 850. The van der Waals surface area contributed by atoms with E-state index < -0.39 is 30.1 Å². The number of aliphatic carboxylic acids is 1. The van der Waals surface area contributed by atoms with Crippen LogP contribution in [-0.2, 0) is 27.4 Å². The van der Waals surface area contributed by atoms with Crippen molar-refractivity contribution in [1.82, 2.24) is 10.6 Å². The van der Waals surface area contributed by atoms with E-state index >= 15 is 0 Å². The maximum atomic E-state index is 12.7. The van der Waals surface area contributed by atoms with Gasteiger partial charge in [-0.25, -0.2) is 9.59 Å². The topological polar surface area (TPSA) is 105 Å². The molecule has 0 saturated carbocycles. The van der Waals surface area contributed by atoms with Gasteiger partial charge in [0.1, 0.15) is 18.7 Å². The lowest BCUT2D eigenvalue weighted by atomic mass is 10.0. The molecule has 30 heavy (non-hydrogen) atoms. The zero-order valence-electron chi connectivity index (χ0n) is 17.4. The second-order valence-electron chi connectivity index (χ2n) is 7.52. The number of hydrogen-bond donors (Lipinski definition) is 3. The molecule has 0 unspecified atom stereocenters. The summed E-state index contributed by atoms with van der Waals surface area (Å²) in [5.74, 6) is -1.97. The van der Waals surface area contributed by atoms with Crippen LogP contribution in [0.25, 0.3) is 0 Å². The lowest BCUT2D eigenvalue weighted by Crippen LogP contribution is -2.54. The summed E-state index contributed by atoms with van der Waals surface area (Å²) in [6.45, 7) is 5.54. The predicted octanol–water partition coefficient (Wildman–Crippen LogP) is 3.06. The molecule has 7 nitrogen and oxygen atoms in total. The quantitative estimate of drug-likeness (QED) is 0.587. The SMILES string of the molecule is Cc1ccc(C[C@@H](NC(=O)[C@@H](NC(=O)OCc2ccccc2)C(C)C)C(=O)O)cc1. The van der Waals surface area contributed by atoms with Gasteiger partial charge in [0.05, 0.1) is 0 Å². The molecular weight excluding hydrogens is 384 g/mol. The third kappa shape index (κ3) is 7.24. The van der Waals surface area contributed by atoms with E-state index in [-0.39, 0.29) is 18.9 Å². The molecule has 2 aromatic carbocycles. The molecule has 0 spiro atoms. The number of rotatable bonds is 9. The number of carbonyl (C=O) groups is 3. The summed E-state index contributed by atoms with van der Waals surface area (Å²) < 4.78 is 5.17.